The molecule has 0 aliphatic carbocycles. The fourth-order valence-electron chi connectivity index (χ4n) is 1.43. The molecule has 2 aromatic rings. The first-order valence-electron chi connectivity index (χ1n) is 4.70. The van der Waals surface area contributed by atoms with Gasteiger partial charge in [-0.2, -0.15) is 9.61 Å². The second-order valence-electron chi connectivity index (χ2n) is 3.82. The van der Waals surface area contributed by atoms with Crippen LogP contribution in [0.3, 0.4) is 0 Å². The highest BCUT2D eigenvalue weighted by Crippen LogP contribution is 2.17. The number of nitrogen functional groups attached to an aromatic ring is 1. The van der Waals surface area contributed by atoms with Crippen LogP contribution in [0.1, 0.15) is 31.2 Å². The summed E-state index contributed by atoms with van der Waals surface area (Å²) in [6.07, 6.45) is 0. The van der Waals surface area contributed by atoms with Gasteiger partial charge in [-0.05, 0) is 12.8 Å². The maximum atomic E-state index is 5.87. The maximum Gasteiger partial charge on any atom is 0.157 e. The number of fused-ring (bicyclic) bond motifs is 1. The smallest absolute Gasteiger partial charge is 0.157 e. The molecule has 2 rings (SSSR count). The molecule has 0 radical (unpaired) electrons. The summed E-state index contributed by atoms with van der Waals surface area (Å²) in [4.78, 5) is 4.48. The van der Waals surface area contributed by atoms with Crippen LogP contribution in [0.25, 0.3) is 5.65 Å². The molecule has 14 heavy (non-hydrogen) atoms. The first-order chi connectivity index (χ1) is 6.58. The number of hydrogen-bond donors (Lipinski definition) is 1. The first-order valence-corrected chi connectivity index (χ1v) is 4.70. The van der Waals surface area contributed by atoms with Crippen molar-refractivity contribution in [1.29, 1.82) is 0 Å². The second kappa shape index (κ2) is 2.97. The van der Waals surface area contributed by atoms with Crippen molar-refractivity contribution in [2.75, 3.05) is 5.73 Å². The third-order valence-electron chi connectivity index (χ3n) is 2.19. The van der Waals surface area contributed by atoms with E-state index in [-0.39, 0.29) is 0 Å². The monoisotopic (exact) mass is 190 g/mol. The van der Waals surface area contributed by atoms with Gasteiger partial charge < -0.3 is 5.73 Å². The molecule has 0 aliphatic heterocycles. The number of rotatable bonds is 1. The normalized spacial score (nSPS) is 11.4. The Morgan fingerprint density at radius 3 is 2.71 bits per heavy atom. The lowest BCUT2D eigenvalue weighted by atomic mass is 10.1. The van der Waals surface area contributed by atoms with E-state index >= 15 is 0 Å². The highest BCUT2D eigenvalue weighted by atomic mass is 15.3. The van der Waals surface area contributed by atoms with Gasteiger partial charge in [0.05, 0.1) is 5.69 Å². The zero-order valence-corrected chi connectivity index (χ0v) is 8.65. The van der Waals surface area contributed by atoms with Crippen LogP contribution < -0.4 is 5.73 Å². The average Bonchev–Trinajstić information content (AvgIpc) is 2.45. The van der Waals surface area contributed by atoms with Crippen molar-refractivity contribution >= 4 is 11.5 Å². The Bertz CT molecular complexity index is 470. The molecule has 74 valence electrons. The SMILES string of the molecule is Cc1cc2nc(C(C)C)cc(N)n2n1. The molecular formula is C10H14N4. The minimum absolute atomic E-state index is 0.387. The van der Waals surface area contributed by atoms with E-state index < -0.39 is 0 Å². The van der Waals surface area contributed by atoms with Crippen LogP contribution in [0, 0.1) is 6.92 Å². The highest BCUT2D eigenvalue weighted by molar-refractivity contribution is 5.48. The standard InChI is InChI=1S/C10H14N4/c1-6(2)8-5-9(11)14-10(12-8)4-7(3)13-14/h4-6H,11H2,1-3H3. The van der Waals surface area contributed by atoms with Crippen molar-refractivity contribution < 1.29 is 0 Å². The number of anilines is 1. The van der Waals surface area contributed by atoms with Crippen LogP contribution in [0.4, 0.5) is 5.82 Å². The molecular weight excluding hydrogens is 176 g/mol. The molecule has 4 heteroatoms. The van der Waals surface area contributed by atoms with E-state index in [9.17, 15) is 0 Å². The van der Waals surface area contributed by atoms with Crippen molar-refractivity contribution in [3.63, 3.8) is 0 Å². The molecule has 2 N–H and O–H groups in total. The van der Waals surface area contributed by atoms with E-state index in [2.05, 4.69) is 23.9 Å². The van der Waals surface area contributed by atoms with E-state index in [4.69, 9.17) is 5.73 Å². The van der Waals surface area contributed by atoms with Gasteiger partial charge in [-0.15, -0.1) is 0 Å². The van der Waals surface area contributed by atoms with Crippen LogP contribution in [-0.2, 0) is 0 Å². The molecule has 0 bridgehead atoms. The topological polar surface area (TPSA) is 56.2 Å². The quantitative estimate of drug-likeness (QED) is 0.745. The lowest BCUT2D eigenvalue weighted by Crippen LogP contribution is -2.03. The third kappa shape index (κ3) is 1.32. The van der Waals surface area contributed by atoms with Crippen molar-refractivity contribution in [3.8, 4) is 0 Å². The maximum absolute atomic E-state index is 5.87. The van der Waals surface area contributed by atoms with E-state index in [1.807, 2.05) is 19.1 Å². The van der Waals surface area contributed by atoms with E-state index in [1.165, 1.54) is 0 Å². The fourth-order valence-corrected chi connectivity index (χ4v) is 1.43. The van der Waals surface area contributed by atoms with E-state index in [0.717, 1.165) is 17.0 Å². The Morgan fingerprint density at radius 1 is 1.36 bits per heavy atom. The van der Waals surface area contributed by atoms with Gasteiger partial charge in [-0.1, -0.05) is 13.8 Å². The molecule has 4 nitrogen and oxygen atoms in total. The van der Waals surface area contributed by atoms with Gasteiger partial charge in [0, 0.05) is 17.8 Å². The Kier molecular flexibility index (Phi) is 1.91. The van der Waals surface area contributed by atoms with Gasteiger partial charge in [-0.25, -0.2) is 4.98 Å². The Labute approximate surface area is 82.8 Å². The van der Waals surface area contributed by atoms with Crippen molar-refractivity contribution in [3.05, 3.63) is 23.5 Å². The zero-order valence-electron chi connectivity index (χ0n) is 8.65. The molecule has 0 aliphatic rings. The first kappa shape index (κ1) is 8.99. The summed E-state index contributed by atoms with van der Waals surface area (Å²) in [7, 11) is 0. The zero-order chi connectivity index (χ0) is 10.3. The van der Waals surface area contributed by atoms with Crippen LogP contribution in [0.5, 0.6) is 0 Å². The largest absolute Gasteiger partial charge is 0.384 e. The highest BCUT2D eigenvalue weighted by Gasteiger charge is 2.07. The molecule has 0 spiro atoms. The number of aryl methyl sites for hydroxylation is 1. The molecule has 0 saturated carbocycles. The van der Waals surface area contributed by atoms with Crippen LogP contribution in [-0.4, -0.2) is 14.6 Å². The molecule has 0 saturated heterocycles. The van der Waals surface area contributed by atoms with Crippen LogP contribution >= 0.6 is 0 Å². The van der Waals surface area contributed by atoms with Crippen molar-refractivity contribution in [1.82, 2.24) is 14.6 Å². The van der Waals surface area contributed by atoms with Gasteiger partial charge in [-0.3, -0.25) is 0 Å². The predicted octanol–water partition coefficient (Wildman–Crippen LogP) is 1.74. The summed E-state index contributed by atoms with van der Waals surface area (Å²) < 4.78 is 1.67. The molecule has 2 heterocycles. The van der Waals surface area contributed by atoms with Gasteiger partial charge >= 0.3 is 0 Å². The van der Waals surface area contributed by atoms with Gasteiger partial charge in [0.15, 0.2) is 5.65 Å². The van der Waals surface area contributed by atoms with Gasteiger partial charge in [0.1, 0.15) is 5.82 Å². The summed E-state index contributed by atoms with van der Waals surface area (Å²) in [6.45, 7) is 6.13. The molecule has 0 aromatic carbocycles. The summed E-state index contributed by atoms with van der Waals surface area (Å²) >= 11 is 0. The molecule has 2 aromatic heterocycles. The predicted molar refractivity (Wildman–Crippen MR) is 56.2 cm³/mol. The summed E-state index contributed by atoms with van der Waals surface area (Å²) in [5, 5.41) is 4.24. The number of aromatic nitrogens is 3. The van der Waals surface area contributed by atoms with Crippen LogP contribution in [0.2, 0.25) is 0 Å². The summed E-state index contributed by atoms with van der Waals surface area (Å²) in [5.74, 6) is 1.03. The van der Waals surface area contributed by atoms with Crippen molar-refractivity contribution in [2.24, 2.45) is 0 Å². The number of nitrogens with two attached hydrogens (primary N) is 1. The Hall–Kier alpha value is -1.58. The fraction of sp³-hybridized carbons (Fsp3) is 0.400. The summed E-state index contributed by atoms with van der Waals surface area (Å²) in [6, 6.07) is 3.81. The Morgan fingerprint density at radius 2 is 2.07 bits per heavy atom. The van der Waals surface area contributed by atoms with Gasteiger partial charge in [0.25, 0.3) is 0 Å². The Balaban J connectivity index is 2.71. The lowest BCUT2D eigenvalue weighted by Gasteiger charge is -2.06. The lowest BCUT2D eigenvalue weighted by molar-refractivity contribution is 0.811. The molecule has 0 fully saturated rings. The van der Waals surface area contributed by atoms with Crippen LogP contribution in [0.15, 0.2) is 12.1 Å². The third-order valence-corrected chi connectivity index (χ3v) is 2.19. The minimum atomic E-state index is 0.387. The second-order valence-corrected chi connectivity index (χ2v) is 3.82. The number of nitrogens with zero attached hydrogens (tertiary/aromatic N) is 3. The van der Waals surface area contributed by atoms with E-state index in [1.54, 1.807) is 4.52 Å². The molecule has 0 unspecified atom stereocenters. The minimum Gasteiger partial charge on any atom is -0.384 e. The molecule has 0 amide bonds. The molecule has 0 atom stereocenters. The number of hydrogen-bond acceptors (Lipinski definition) is 3. The van der Waals surface area contributed by atoms with Gasteiger partial charge in [0.2, 0.25) is 0 Å². The average molecular weight is 190 g/mol. The van der Waals surface area contributed by atoms with E-state index in [0.29, 0.717) is 11.7 Å². The van der Waals surface area contributed by atoms with Crippen molar-refractivity contribution in [2.45, 2.75) is 26.7 Å². The summed E-state index contributed by atoms with van der Waals surface area (Å²) in [5.41, 5.74) is 8.64.